The number of nitrogens with one attached hydrogen (secondary N) is 1. The van der Waals surface area contributed by atoms with Gasteiger partial charge in [0.05, 0.1) is 11.4 Å². The third-order valence-electron chi connectivity index (χ3n) is 2.53. The van der Waals surface area contributed by atoms with Crippen LogP contribution in [-0.4, -0.2) is 18.0 Å². The normalized spacial score (nSPS) is 11.4. The van der Waals surface area contributed by atoms with Crippen molar-refractivity contribution in [2.75, 3.05) is 5.32 Å². The summed E-state index contributed by atoms with van der Waals surface area (Å²) in [4.78, 5) is 4.25. The Morgan fingerprint density at radius 1 is 1.44 bits per heavy atom. The highest BCUT2D eigenvalue weighted by Crippen LogP contribution is 2.14. The van der Waals surface area contributed by atoms with Crippen LogP contribution in [0.1, 0.15) is 5.82 Å². The highest BCUT2D eigenvalue weighted by molar-refractivity contribution is 7.89. The lowest BCUT2D eigenvalue weighted by molar-refractivity contribution is 0.598. The van der Waals surface area contributed by atoms with Crippen LogP contribution >= 0.6 is 0 Å². The maximum absolute atomic E-state index is 11.2. The second-order valence-corrected chi connectivity index (χ2v) is 5.44. The fraction of sp³-hybridized carbons (Fsp3) is 0.182. The van der Waals surface area contributed by atoms with Crippen molar-refractivity contribution in [3.05, 3.63) is 42.5 Å². The Balaban J connectivity index is 2.13. The van der Waals surface area contributed by atoms with E-state index in [1.165, 1.54) is 12.1 Å². The number of aryl methyl sites for hydroxylation is 1. The van der Waals surface area contributed by atoms with Gasteiger partial charge in [-0.3, -0.25) is 0 Å². The molecule has 0 saturated carbocycles. The van der Waals surface area contributed by atoms with Gasteiger partial charge in [-0.15, -0.1) is 0 Å². The first-order valence-electron chi connectivity index (χ1n) is 5.30. The Kier molecular flexibility index (Phi) is 3.35. The number of hydrogen-bond donors (Lipinski definition) is 2. The number of sulfonamides is 1. The molecule has 3 N–H and O–H groups in total. The van der Waals surface area contributed by atoms with E-state index < -0.39 is 10.0 Å². The monoisotopic (exact) mass is 266 g/mol. The zero-order valence-corrected chi connectivity index (χ0v) is 10.7. The molecule has 0 unspecified atom stereocenters. The number of primary sulfonamides is 1. The zero-order valence-electron chi connectivity index (χ0n) is 9.87. The fourth-order valence-electron chi connectivity index (χ4n) is 1.53. The molecule has 1 aromatic heterocycles. The van der Waals surface area contributed by atoms with E-state index in [1.807, 2.05) is 17.8 Å². The van der Waals surface area contributed by atoms with Crippen molar-refractivity contribution >= 4 is 15.7 Å². The summed E-state index contributed by atoms with van der Waals surface area (Å²) in [5, 5.41) is 8.17. The second-order valence-electron chi connectivity index (χ2n) is 3.88. The number of nitrogens with zero attached hydrogens (tertiary/aromatic N) is 2. The standard InChI is InChI=1S/C11H14N4O2S/c1-15-6-5-13-11(15)8-14-9-3-2-4-10(7-9)18(12,16)17/h2-7,14H,8H2,1H3,(H2,12,16,17). The summed E-state index contributed by atoms with van der Waals surface area (Å²) < 4.78 is 24.3. The molecular formula is C11H14N4O2S. The van der Waals surface area contributed by atoms with E-state index in [9.17, 15) is 8.42 Å². The molecule has 0 spiro atoms. The van der Waals surface area contributed by atoms with E-state index in [0.29, 0.717) is 12.2 Å². The SMILES string of the molecule is Cn1ccnc1CNc1cccc(S(N)(=O)=O)c1. The summed E-state index contributed by atoms with van der Waals surface area (Å²) in [6.07, 6.45) is 3.55. The smallest absolute Gasteiger partial charge is 0.238 e. The zero-order chi connectivity index (χ0) is 13.2. The van der Waals surface area contributed by atoms with E-state index in [-0.39, 0.29) is 4.90 Å². The fourth-order valence-corrected chi connectivity index (χ4v) is 2.09. The van der Waals surface area contributed by atoms with Gasteiger partial charge in [0.15, 0.2) is 0 Å². The quantitative estimate of drug-likeness (QED) is 0.851. The molecule has 0 aliphatic rings. The van der Waals surface area contributed by atoms with Gasteiger partial charge in [0.25, 0.3) is 0 Å². The van der Waals surface area contributed by atoms with Crippen molar-refractivity contribution in [3.8, 4) is 0 Å². The highest BCUT2D eigenvalue weighted by atomic mass is 32.2. The third kappa shape index (κ3) is 2.88. The Morgan fingerprint density at radius 3 is 2.83 bits per heavy atom. The highest BCUT2D eigenvalue weighted by Gasteiger charge is 2.08. The molecule has 0 aliphatic carbocycles. The molecule has 0 saturated heterocycles. The van der Waals surface area contributed by atoms with Crippen LogP contribution in [-0.2, 0) is 23.6 Å². The summed E-state index contributed by atoms with van der Waals surface area (Å²) in [7, 11) is -1.77. The Bertz CT molecular complexity index is 649. The van der Waals surface area contributed by atoms with Crippen LogP contribution in [0.5, 0.6) is 0 Å². The lowest BCUT2D eigenvalue weighted by Gasteiger charge is -2.07. The van der Waals surface area contributed by atoms with Gasteiger partial charge in [-0.05, 0) is 18.2 Å². The topological polar surface area (TPSA) is 90.0 Å². The van der Waals surface area contributed by atoms with E-state index in [1.54, 1.807) is 18.3 Å². The van der Waals surface area contributed by atoms with Crippen molar-refractivity contribution in [3.63, 3.8) is 0 Å². The largest absolute Gasteiger partial charge is 0.378 e. The minimum Gasteiger partial charge on any atom is -0.378 e. The molecule has 1 heterocycles. The molecule has 7 heteroatoms. The van der Waals surface area contributed by atoms with Crippen LogP contribution in [0.2, 0.25) is 0 Å². The summed E-state index contributed by atoms with van der Waals surface area (Å²) in [6.45, 7) is 0.511. The minimum absolute atomic E-state index is 0.0901. The molecular weight excluding hydrogens is 252 g/mol. The van der Waals surface area contributed by atoms with Crippen LogP contribution in [0.25, 0.3) is 0 Å². The summed E-state index contributed by atoms with van der Waals surface area (Å²) in [5.41, 5.74) is 0.685. The average molecular weight is 266 g/mol. The lowest BCUT2D eigenvalue weighted by Crippen LogP contribution is -2.12. The minimum atomic E-state index is -3.67. The maximum Gasteiger partial charge on any atom is 0.238 e. The van der Waals surface area contributed by atoms with E-state index in [4.69, 9.17) is 5.14 Å². The van der Waals surface area contributed by atoms with Crippen molar-refractivity contribution in [2.24, 2.45) is 12.2 Å². The van der Waals surface area contributed by atoms with Crippen molar-refractivity contribution in [1.29, 1.82) is 0 Å². The summed E-state index contributed by atoms with van der Waals surface area (Å²) in [5.74, 6) is 0.857. The van der Waals surface area contributed by atoms with Crippen molar-refractivity contribution < 1.29 is 8.42 Å². The number of hydrogen-bond acceptors (Lipinski definition) is 4. The summed E-state index contributed by atoms with van der Waals surface area (Å²) >= 11 is 0. The Morgan fingerprint density at radius 2 is 2.22 bits per heavy atom. The molecule has 0 radical (unpaired) electrons. The van der Waals surface area contributed by atoms with E-state index in [2.05, 4.69) is 10.3 Å². The van der Waals surface area contributed by atoms with Crippen LogP contribution in [0.15, 0.2) is 41.6 Å². The van der Waals surface area contributed by atoms with Crippen LogP contribution in [0, 0.1) is 0 Å². The molecule has 6 nitrogen and oxygen atoms in total. The molecule has 0 atom stereocenters. The number of rotatable bonds is 4. The first-order chi connectivity index (χ1) is 8.47. The molecule has 18 heavy (non-hydrogen) atoms. The molecule has 2 aromatic rings. The number of benzene rings is 1. The van der Waals surface area contributed by atoms with Crippen LogP contribution < -0.4 is 10.5 Å². The second kappa shape index (κ2) is 4.79. The van der Waals surface area contributed by atoms with Gasteiger partial charge in [-0.1, -0.05) is 6.07 Å². The van der Waals surface area contributed by atoms with Gasteiger partial charge in [-0.25, -0.2) is 18.5 Å². The van der Waals surface area contributed by atoms with Crippen molar-refractivity contribution in [2.45, 2.75) is 11.4 Å². The van der Waals surface area contributed by atoms with Gasteiger partial charge in [0.1, 0.15) is 5.82 Å². The van der Waals surface area contributed by atoms with Gasteiger partial charge in [0.2, 0.25) is 10.0 Å². The van der Waals surface area contributed by atoms with Gasteiger partial charge < -0.3 is 9.88 Å². The molecule has 96 valence electrons. The predicted octanol–water partition coefficient (Wildman–Crippen LogP) is 0.680. The molecule has 2 rings (SSSR count). The van der Waals surface area contributed by atoms with Gasteiger partial charge in [0, 0.05) is 25.1 Å². The van der Waals surface area contributed by atoms with Gasteiger partial charge >= 0.3 is 0 Å². The van der Waals surface area contributed by atoms with Crippen LogP contribution in [0.4, 0.5) is 5.69 Å². The first kappa shape index (κ1) is 12.6. The average Bonchev–Trinajstić information content (AvgIpc) is 2.72. The summed E-state index contributed by atoms with van der Waals surface area (Å²) in [6, 6.07) is 6.37. The number of anilines is 1. The lowest BCUT2D eigenvalue weighted by atomic mass is 10.3. The van der Waals surface area contributed by atoms with E-state index >= 15 is 0 Å². The molecule has 0 fully saturated rings. The molecule has 0 aliphatic heterocycles. The number of imidazole rings is 1. The third-order valence-corrected chi connectivity index (χ3v) is 3.45. The Hall–Kier alpha value is -1.86. The molecule has 1 aromatic carbocycles. The first-order valence-corrected chi connectivity index (χ1v) is 6.84. The number of aromatic nitrogens is 2. The van der Waals surface area contributed by atoms with Crippen LogP contribution in [0.3, 0.4) is 0 Å². The Labute approximate surface area is 106 Å². The molecule has 0 bridgehead atoms. The van der Waals surface area contributed by atoms with Crippen molar-refractivity contribution in [1.82, 2.24) is 9.55 Å². The maximum atomic E-state index is 11.2. The predicted molar refractivity (Wildman–Crippen MR) is 68.3 cm³/mol. The van der Waals surface area contributed by atoms with E-state index in [0.717, 1.165) is 5.82 Å². The molecule has 0 amide bonds. The number of nitrogens with two attached hydrogens (primary N) is 1. The van der Waals surface area contributed by atoms with Gasteiger partial charge in [-0.2, -0.15) is 0 Å².